The summed E-state index contributed by atoms with van der Waals surface area (Å²) in [5.41, 5.74) is 8.12. The Morgan fingerprint density at radius 2 is 1.71 bits per heavy atom. The van der Waals surface area contributed by atoms with Crippen LogP contribution in [-0.2, 0) is 11.2 Å². The Balaban J connectivity index is 1.55. The zero-order valence-electron chi connectivity index (χ0n) is 13.1. The molecular formula is C18H18N4OS. The van der Waals surface area contributed by atoms with Gasteiger partial charge in [-0.05, 0) is 18.4 Å². The molecule has 1 heterocycles. The molecule has 3 N–H and O–H groups in total. The highest BCUT2D eigenvalue weighted by atomic mass is 32.1. The Morgan fingerprint density at radius 3 is 2.42 bits per heavy atom. The highest BCUT2D eigenvalue weighted by Crippen LogP contribution is 2.25. The summed E-state index contributed by atoms with van der Waals surface area (Å²) >= 11 is 1.34. The number of anilines is 1. The lowest BCUT2D eigenvalue weighted by molar-refractivity contribution is -0.117. The maximum absolute atomic E-state index is 12.2. The van der Waals surface area contributed by atoms with Crippen LogP contribution in [0, 0.1) is 0 Å². The highest BCUT2D eigenvalue weighted by molar-refractivity contribution is 7.18. The first-order chi connectivity index (χ1) is 11.7. The van der Waals surface area contributed by atoms with Gasteiger partial charge in [-0.15, -0.1) is 10.2 Å². The van der Waals surface area contributed by atoms with E-state index in [1.165, 1.54) is 16.9 Å². The predicted octanol–water partition coefficient (Wildman–Crippen LogP) is 3.10. The molecule has 0 saturated heterocycles. The lowest BCUT2D eigenvalue weighted by Crippen LogP contribution is -2.36. The van der Waals surface area contributed by atoms with E-state index in [1.54, 1.807) is 0 Å². The normalized spacial score (nSPS) is 11.9. The van der Waals surface area contributed by atoms with E-state index in [0.29, 0.717) is 11.6 Å². The summed E-state index contributed by atoms with van der Waals surface area (Å²) in [6.07, 6.45) is 1.35. The number of aromatic nitrogens is 2. The molecule has 0 spiro atoms. The summed E-state index contributed by atoms with van der Waals surface area (Å²) < 4.78 is 0. The first kappa shape index (κ1) is 16.3. The Kier molecular flexibility index (Phi) is 5.30. The van der Waals surface area contributed by atoms with Crippen molar-refractivity contribution in [1.29, 1.82) is 0 Å². The SMILES string of the molecule is N[C@H](CCc1ccccc1)C(=O)Nc1nnc(-c2ccccc2)s1. The number of carbonyl (C=O) groups excluding carboxylic acids is 1. The number of hydrogen-bond acceptors (Lipinski definition) is 5. The number of amides is 1. The second kappa shape index (κ2) is 7.81. The number of nitrogens with zero attached hydrogens (tertiary/aromatic N) is 2. The van der Waals surface area contributed by atoms with Crippen LogP contribution >= 0.6 is 11.3 Å². The smallest absolute Gasteiger partial charge is 0.243 e. The lowest BCUT2D eigenvalue weighted by Gasteiger charge is -2.10. The molecule has 5 nitrogen and oxygen atoms in total. The van der Waals surface area contributed by atoms with Crippen LogP contribution in [0.5, 0.6) is 0 Å². The molecule has 0 aliphatic rings. The Labute approximate surface area is 144 Å². The topological polar surface area (TPSA) is 80.9 Å². The second-order valence-corrected chi connectivity index (χ2v) is 6.38. The van der Waals surface area contributed by atoms with Crippen molar-refractivity contribution in [1.82, 2.24) is 10.2 Å². The number of benzene rings is 2. The largest absolute Gasteiger partial charge is 0.320 e. The molecule has 6 heteroatoms. The minimum absolute atomic E-state index is 0.235. The number of nitrogens with one attached hydrogen (secondary N) is 1. The third-order valence-electron chi connectivity index (χ3n) is 3.60. The van der Waals surface area contributed by atoms with Crippen molar-refractivity contribution < 1.29 is 4.79 Å². The van der Waals surface area contributed by atoms with E-state index in [9.17, 15) is 4.79 Å². The van der Waals surface area contributed by atoms with Gasteiger partial charge in [0.1, 0.15) is 5.01 Å². The lowest BCUT2D eigenvalue weighted by atomic mass is 10.1. The monoisotopic (exact) mass is 338 g/mol. The summed E-state index contributed by atoms with van der Waals surface area (Å²) in [5.74, 6) is -0.235. The van der Waals surface area contributed by atoms with Crippen molar-refractivity contribution in [2.75, 3.05) is 5.32 Å². The average molecular weight is 338 g/mol. The zero-order chi connectivity index (χ0) is 16.8. The molecule has 2 aromatic carbocycles. The molecule has 122 valence electrons. The van der Waals surface area contributed by atoms with E-state index in [4.69, 9.17) is 5.73 Å². The summed E-state index contributed by atoms with van der Waals surface area (Å²) in [6, 6.07) is 19.1. The van der Waals surface area contributed by atoms with E-state index in [-0.39, 0.29) is 5.91 Å². The third kappa shape index (κ3) is 4.24. The standard InChI is InChI=1S/C18H18N4OS/c19-15(12-11-13-7-3-1-4-8-13)16(23)20-18-22-21-17(24-18)14-9-5-2-6-10-14/h1-10,15H,11-12,19H2,(H,20,22,23)/t15-/m1/s1. The van der Waals surface area contributed by atoms with Crippen LogP contribution in [0.15, 0.2) is 60.7 Å². The van der Waals surface area contributed by atoms with E-state index < -0.39 is 6.04 Å². The number of aryl methyl sites for hydroxylation is 1. The second-order valence-electron chi connectivity index (χ2n) is 5.40. The van der Waals surface area contributed by atoms with Gasteiger partial charge in [0.2, 0.25) is 11.0 Å². The van der Waals surface area contributed by atoms with Crippen LogP contribution in [0.1, 0.15) is 12.0 Å². The van der Waals surface area contributed by atoms with Crippen molar-refractivity contribution in [3.63, 3.8) is 0 Å². The van der Waals surface area contributed by atoms with Crippen LogP contribution < -0.4 is 11.1 Å². The van der Waals surface area contributed by atoms with Gasteiger partial charge >= 0.3 is 0 Å². The van der Waals surface area contributed by atoms with E-state index in [2.05, 4.69) is 15.5 Å². The quantitative estimate of drug-likeness (QED) is 0.724. The Bertz CT molecular complexity index is 789. The third-order valence-corrected chi connectivity index (χ3v) is 4.49. The van der Waals surface area contributed by atoms with Crippen molar-refractivity contribution in [2.24, 2.45) is 5.73 Å². The van der Waals surface area contributed by atoms with Gasteiger partial charge in [0.25, 0.3) is 0 Å². The number of nitrogens with two attached hydrogens (primary N) is 1. The van der Waals surface area contributed by atoms with Gasteiger partial charge in [-0.2, -0.15) is 0 Å². The van der Waals surface area contributed by atoms with Gasteiger partial charge in [-0.3, -0.25) is 10.1 Å². The molecule has 0 saturated carbocycles. The fourth-order valence-electron chi connectivity index (χ4n) is 2.27. The highest BCUT2D eigenvalue weighted by Gasteiger charge is 2.16. The molecule has 24 heavy (non-hydrogen) atoms. The molecule has 0 aliphatic carbocycles. The van der Waals surface area contributed by atoms with Gasteiger partial charge in [0, 0.05) is 5.56 Å². The molecule has 0 unspecified atom stereocenters. The maximum atomic E-state index is 12.2. The Morgan fingerprint density at radius 1 is 1.04 bits per heavy atom. The molecule has 0 aliphatic heterocycles. The van der Waals surface area contributed by atoms with Crippen molar-refractivity contribution in [3.8, 4) is 10.6 Å². The molecule has 1 atom stereocenters. The van der Waals surface area contributed by atoms with Crippen LogP contribution in [0.25, 0.3) is 10.6 Å². The van der Waals surface area contributed by atoms with Gasteiger partial charge in [0.05, 0.1) is 6.04 Å². The molecule has 1 amide bonds. The number of carbonyl (C=O) groups is 1. The van der Waals surface area contributed by atoms with Crippen molar-refractivity contribution >= 4 is 22.4 Å². The first-order valence-electron chi connectivity index (χ1n) is 7.71. The zero-order valence-corrected chi connectivity index (χ0v) is 13.9. The predicted molar refractivity (Wildman–Crippen MR) is 96.7 cm³/mol. The van der Waals surface area contributed by atoms with Gasteiger partial charge in [0.15, 0.2) is 0 Å². The summed E-state index contributed by atoms with van der Waals surface area (Å²) in [7, 11) is 0. The van der Waals surface area contributed by atoms with E-state index in [1.807, 2.05) is 60.7 Å². The first-order valence-corrected chi connectivity index (χ1v) is 8.53. The van der Waals surface area contributed by atoms with Gasteiger partial charge < -0.3 is 5.73 Å². The van der Waals surface area contributed by atoms with Crippen LogP contribution in [0.3, 0.4) is 0 Å². The van der Waals surface area contributed by atoms with E-state index >= 15 is 0 Å². The van der Waals surface area contributed by atoms with Crippen molar-refractivity contribution in [3.05, 3.63) is 66.2 Å². The molecule has 3 rings (SSSR count). The van der Waals surface area contributed by atoms with Crippen LogP contribution in [0.4, 0.5) is 5.13 Å². The van der Waals surface area contributed by atoms with Crippen LogP contribution in [-0.4, -0.2) is 22.1 Å². The maximum Gasteiger partial charge on any atom is 0.243 e. The van der Waals surface area contributed by atoms with Crippen LogP contribution in [0.2, 0.25) is 0 Å². The Hall–Kier alpha value is -2.57. The molecule has 1 aromatic heterocycles. The fraction of sp³-hybridized carbons (Fsp3) is 0.167. The molecule has 0 radical (unpaired) electrons. The number of rotatable bonds is 6. The van der Waals surface area contributed by atoms with Crippen molar-refractivity contribution in [2.45, 2.75) is 18.9 Å². The fourth-order valence-corrected chi connectivity index (χ4v) is 3.02. The van der Waals surface area contributed by atoms with Gasteiger partial charge in [-0.25, -0.2) is 0 Å². The molecule has 0 fully saturated rings. The molecule has 0 bridgehead atoms. The summed E-state index contributed by atoms with van der Waals surface area (Å²) in [6.45, 7) is 0. The molecular weight excluding hydrogens is 320 g/mol. The van der Waals surface area contributed by atoms with Gasteiger partial charge in [-0.1, -0.05) is 72.0 Å². The average Bonchev–Trinajstić information content (AvgIpc) is 3.10. The minimum atomic E-state index is -0.575. The summed E-state index contributed by atoms with van der Waals surface area (Å²) in [4.78, 5) is 12.2. The number of hydrogen-bond donors (Lipinski definition) is 2. The summed E-state index contributed by atoms with van der Waals surface area (Å²) in [5, 5.41) is 12.1. The minimum Gasteiger partial charge on any atom is -0.320 e. The molecule has 3 aromatic rings. The van der Waals surface area contributed by atoms with E-state index in [0.717, 1.165) is 17.0 Å².